The van der Waals surface area contributed by atoms with Crippen LogP contribution < -0.4 is 20.9 Å². The monoisotopic (exact) mass is 906 g/mol. The minimum Gasteiger partial charge on any atom is -0.378 e. The van der Waals surface area contributed by atoms with Crippen molar-refractivity contribution in [3.63, 3.8) is 0 Å². The Hall–Kier alpha value is -5.66. The van der Waals surface area contributed by atoms with E-state index in [4.69, 9.17) is 38.4 Å². The van der Waals surface area contributed by atoms with Gasteiger partial charge >= 0.3 is 24.1 Å². The lowest BCUT2D eigenvalue weighted by Crippen LogP contribution is -2.48. The summed E-state index contributed by atoms with van der Waals surface area (Å²) in [7, 11) is 0. The van der Waals surface area contributed by atoms with Gasteiger partial charge in [-0.15, -0.1) is 0 Å². The van der Waals surface area contributed by atoms with Crippen LogP contribution in [-0.2, 0) is 27.4 Å². The number of ketones is 2. The summed E-state index contributed by atoms with van der Waals surface area (Å²) in [5.41, 5.74) is 8.25. The molecule has 0 saturated carbocycles. The minimum atomic E-state index is -5.08. The lowest BCUT2D eigenvalue weighted by Gasteiger charge is -2.33. The van der Waals surface area contributed by atoms with Crippen LogP contribution in [0.5, 0.6) is 0 Å². The summed E-state index contributed by atoms with van der Waals surface area (Å²) in [6.07, 6.45) is -5.08. The van der Waals surface area contributed by atoms with E-state index in [1.165, 1.54) is 69.7 Å². The summed E-state index contributed by atoms with van der Waals surface area (Å²) >= 11 is 11.8. The summed E-state index contributed by atoms with van der Waals surface area (Å²) < 4.78 is 74.6. The number of amides is 5. The van der Waals surface area contributed by atoms with Crippen molar-refractivity contribution in [2.75, 3.05) is 75.5 Å². The minimum absolute atomic E-state index is 0.0530. The van der Waals surface area contributed by atoms with Crippen LogP contribution in [0.2, 0.25) is 10.0 Å². The molecule has 4 aromatic rings. The quantitative estimate of drug-likeness (QED) is 0.122. The normalized spacial score (nSPS) is 14.0. The van der Waals surface area contributed by atoms with Gasteiger partial charge in [0.15, 0.2) is 11.6 Å². The third-order valence-corrected chi connectivity index (χ3v) is 10.1. The summed E-state index contributed by atoms with van der Waals surface area (Å²) in [5.74, 6) is -4.25. The molecule has 62 heavy (non-hydrogen) atoms. The number of morpholine rings is 2. The van der Waals surface area contributed by atoms with Crippen LogP contribution in [0.3, 0.4) is 0 Å². The van der Waals surface area contributed by atoms with Crippen LogP contribution in [0.25, 0.3) is 0 Å². The van der Waals surface area contributed by atoms with Crippen LogP contribution >= 0.6 is 23.2 Å². The van der Waals surface area contributed by atoms with Crippen molar-refractivity contribution in [1.29, 1.82) is 0 Å². The number of nitrogens with zero attached hydrogens (tertiary/aromatic N) is 4. The third kappa shape index (κ3) is 12.9. The molecule has 330 valence electrons. The summed E-state index contributed by atoms with van der Waals surface area (Å²) in [5, 5.41) is 1.32. The van der Waals surface area contributed by atoms with Gasteiger partial charge in [-0.2, -0.15) is 13.2 Å². The molecule has 0 atom stereocenters. The number of halogens is 7. The first-order valence-electron chi connectivity index (χ1n) is 19.0. The van der Waals surface area contributed by atoms with Crippen molar-refractivity contribution < 1.29 is 55.4 Å². The number of Topliss-reactive ketones (excluding diaryl/α,β-unsaturated/α-hetero) is 2. The molecule has 13 nitrogen and oxygen atoms in total. The van der Waals surface area contributed by atoms with E-state index in [9.17, 15) is 45.9 Å². The van der Waals surface area contributed by atoms with Gasteiger partial charge in [0.05, 0.1) is 62.7 Å². The smallest absolute Gasteiger partial charge is 0.378 e. The van der Waals surface area contributed by atoms with E-state index in [1.807, 2.05) is 0 Å². The lowest BCUT2D eigenvalue weighted by molar-refractivity contribution is -0.173. The molecule has 0 spiro atoms. The molecule has 2 aliphatic rings. The number of rotatable bonds is 11. The van der Waals surface area contributed by atoms with Gasteiger partial charge in [-0.05, 0) is 47.5 Å². The molecule has 2 heterocycles. The van der Waals surface area contributed by atoms with Gasteiger partial charge in [0.25, 0.3) is 0 Å². The zero-order valence-corrected chi connectivity index (χ0v) is 34.4. The second-order valence-corrected chi connectivity index (χ2v) is 14.6. The number of nitrogens with one attached hydrogen (secondary N) is 1. The molecular weight excluding hydrogens is 866 g/mol. The lowest BCUT2D eigenvalue weighted by atomic mass is 10.1. The second-order valence-electron chi connectivity index (χ2n) is 13.8. The molecule has 2 aliphatic heterocycles. The van der Waals surface area contributed by atoms with Crippen LogP contribution in [-0.4, -0.2) is 111 Å². The van der Waals surface area contributed by atoms with Crippen LogP contribution in [0, 0.1) is 11.6 Å². The van der Waals surface area contributed by atoms with Gasteiger partial charge in [0, 0.05) is 48.7 Å². The number of urea groups is 2. The number of carbonyl (C=O) groups is 5. The zero-order valence-electron chi connectivity index (χ0n) is 32.9. The largest absolute Gasteiger partial charge is 0.471 e. The number of hydrogen-bond donors (Lipinski definition) is 2. The predicted molar refractivity (Wildman–Crippen MR) is 220 cm³/mol. The van der Waals surface area contributed by atoms with E-state index in [-0.39, 0.29) is 53.1 Å². The molecule has 3 N–H and O–H groups in total. The fourth-order valence-corrected chi connectivity index (χ4v) is 6.48. The van der Waals surface area contributed by atoms with E-state index in [0.29, 0.717) is 75.1 Å². The Morgan fingerprint density at radius 2 is 1.02 bits per heavy atom. The van der Waals surface area contributed by atoms with E-state index in [1.54, 1.807) is 34.1 Å². The molecule has 2 saturated heterocycles. The maximum Gasteiger partial charge on any atom is 0.471 e. The SMILES string of the molecule is NCC(=O)c1ccc(CN(C(=O)N2CCOCC2)c2ccc(F)c(Cl)c2)cc1.O=C(CNC(=O)C(F)(F)F)c1ccc(CN(C(=O)N2CCOCC2)c2ccc(F)c(Cl)c2)cc1. The highest BCUT2D eigenvalue weighted by Crippen LogP contribution is 2.27. The first kappa shape index (κ1) is 47.4. The Morgan fingerprint density at radius 3 is 1.37 bits per heavy atom. The van der Waals surface area contributed by atoms with Crippen molar-refractivity contribution in [2.45, 2.75) is 19.3 Å². The molecule has 0 aromatic heterocycles. The van der Waals surface area contributed by atoms with Gasteiger partial charge in [-0.1, -0.05) is 71.7 Å². The van der Waals surface area contributed by atoms with Gasteiger partial charge in [0.1, 0.15) is 11.6 Å². The Balaban J connectivity index is 0.000000238. The number of ether oxygens (including phenoxy) is 2. The number of carbonyl (C=O) groups excluding carboxylic acids is 5. The Morgan fingerprint density at radius 1 is 0.629 bits per heavy atom. The van der Waals surface area contributed by atoms with Crippen LogP contribution in [0.15, 0.2) is 84.9 Å². The molecular formula is C42H41Cl2F5N6O7. The number of benzene rings is 4. The van der Waals surface area contributed by atoms with E-state index >= 15 is 0 Å². The fourth-order valence-electron chi connectivity index (χ4n) is 6.13. The average Bonchev–Trinajstić information content (AvgIpc) is 3.28. The number of anilines is 2. The maximum atomic E-state index is 13.7. The standard InChI is InChI=1S/C22H20ClF4N3O4.C20H21ClFN3O3/c23-17-11-16(5-6-18(17)24)30(21(33)29-7-9-34-10-8-29)13-14-1-3-15(4-2-14)19(31)12-28-20(32)22(25,26)27;21-17-11-16(5-6-18(17)22)25(20(27)24-7-9-28-10-8-24)13-14-1-3-15(4-2-14)19(26)12-23/h1-6,11H,7-10,12-13H2,(H,28,32);1-6,11H,7-10,12-13,23H2. The predicted octanol–water partition coefficient (Wildman–Crippen LogP) is 6.88. The third-order valence-electron chi connectivity index (χ3n) is 9.54. The Kier molecular flexibility index (Phi) is 16.8. The van der Waals surface area contributed by atoms with E-state index in [0.717, 1.165) is 11.6 Å². The van der Waals surface area contributed by atoms with Gasteiger partial charge in [0.2, 0.25) is 0 Å². The summed E-state index contributed by atoms with van der Waals surface area (Å²) in [6, 6.07) is 20.3. The number of nitrogens with two attached hydrogens (primary N) is 1. The molecule has 0 radical (unpaired) electrons. The Bertz CT molecular complexity index is 2220. The van der Waals surface area contributed by atoms with Crippen LogP contribution in [0.1, 0.15) is 31.8 Å². The van der Waals surface area contributed by atoms with Crippen molar-refractivity contribution in [3.05, 3.63) is 129 Å². The van der Waals surface area contributed by atoms with Crippen molar-refractivity contribution >= 4 is 64.1 Å². The summed E-state index contributed by atoms with van der Waals surface area (Å²) in [6.45, 7) is 2.84. The molecule has 0 aliphatic carbocycles. The first-order valence-corrected chi connectivity index (χ1v) is 19.8. The molecule has 6 rings (SSSR count). The highest BCUT2D eigenvalue weighted by atomic mass is 35.5. The second kappa shape index (κ2) is 21.9. The molecule has 2 fully saturated rings. The molecule has 5 amide bonds. The Labute approximate surface area is 363 Å². The van der Waals surface area contributed by atoms with Crippen molar-refractivity contribution in [1.82, 2.24) is 15.1 Å². The fraction of sp³-hybridized carbons (Fsp3) is 0.310. The highest BCUT2D eigenvalue weighted by Gasteiger charge is 2.38. The van der Waals surface area contributed by atoms with Crippen molar-refractivity contribution in [2.24, 2.45) is 5.73 Å². The van der Waals surface area contributed by atoms with E-state index < -0.39 is 36.0 Å². The number of alkyl halides is 3. The molecule has 0 bridgehead atoms. The van der Waals surface area contributed by atoms with Gasteiger partial charge in [-0.3, -0.25) is 24.2 Å². The zero-order chi connectivity index (χ0) is 45.0. The first-order chi connectivity index (χ1) is 29.5. The van der Waals surface area contributed by atoms with Crippen LogP contribution in [0.4, 0.5) is 42.9 Å². The van der Waals surface area contributed by atoms with Crippen molar-refractivity contribution in [3.8, 4) is 0 Å². The molecule has 20 heteroatoms. The highest BCUT2D eigenvalue weighted by molar-refractivity contribution is 6.31. The van der Waals surface area contributed by atoms with Gasteiger partial charge in [-0.25, -0.2) is 18.4 Å². The number of hydrogen-bond acceptors (Lipinski definition) is 8. The molecule has 4 aromatic carbocycles. The van der Waals surface area contributed by atoms with E-state index in [2.05, 4.69) is 0 Å². The maximum absolute atomic E-state index is 13.7. The molecule has 0 unspecified atom stereocenters. The summed E-state index contributed by atoms with van der Waals surface area (Å²) in [4.78, 5) is 67.2. The topological polar surface area (TPSA) is 155 Å². The van der Waals surface area contributed by atoms with Gasteiger partial charge < -0.3 is 30.3 Å². The average molecular weight is 908 g/mol.